The van der Waals surface area contributed by atoms with Crippen LogP contribution in [0.15, 0.2) is 54.6 Å². The van der Waals surface area contributed by atoms with Crippen LogP contribution in [-0.4, -0.2) is 27.9 Å². The summed E-state index contributed by atoms with van der Waals surface area (Å²) in [5.74, 6) is -2.85. The summed E-state index contributed by atoms with van der Waals surface area (Å²) in [6.07, 6.45) is 0.781. The van der Waals surface area contributed by atoms with Crippen molar-refractivity contribution in [2.75, 3.05) is 5.75 Å². The Hall–Kier alpha value is -2.47. The second-order valence-electron chi connectivity index (χ2n) is 5.61. The molecule has 0 spiro atoms. The Morgan fingerprint density at radius 3 is 2.24 bits per heavy atom. The van der Waals surface area contributed by atoms with Crippen LogP contribution in [0, 0.1) is 5.92 Å². The highest BCUT2D eigenvalue weighted by Crippen LogP contribution is 2.32. The summed E-state index contributed by atoms with van der Waals surface area (Å²) in [7, 11) is 0. The Bertz CT molecular complexity index is 717. The summed E-state index contributed by atoms with van der Waals surface area (Å²) < 4.78 is 5.72. The Morgan fingerprint density at radius 1 is 0.960 bits per heavy atom. The second-order valence-corrected chi connectivity index (χ2v) is 6.06. The van der Waals surface area contributed by atoms with E-state index in [4.69, 9.17) is 4.74 Å². The van der Waals surface area contributed by atoms with Crippen molar-refractivity contribution in [3.05, 3.63) is 60.2 Å². The molecule has 2 aromatic carbocycles. The first kappa shape index (κ1) is 18.9. The smallest absolute Gasteiger partial charge is 0.311 e. The van der Waals surface area contributed by atoms with Gasteiger partial charge in [-0.05, 0) is 48.4 Å². The number of aliphatic carboxylic acids is 2. The molecule has 0 amide bonds. The summed E-state index contributed by atoms with van der Waals surface area (Å²) in [6, 6.07) is 15.7. The van der Waals surface area contributed by atoms with Crippen molar-refractivity contribution in [1.82, 2.24) is 0 Å². The molecule has 0 aromatic heterocycles. The number of thiol groups is 1. The lowest BCUT2D eigenvalue weighted by Gasteiger charge is -2.21. The van der Waals surface area contributed by atoms with Gasteiger partial charge in [-0.3, -0.25) is 9.59 Å². The Labute approximate surface area is 151 Å². The molecule has 2 aromatic rings. The lowest BCUT2D eigenvalue weighted by atomic mass is 9.83. The lowest BCUT2D eigenvalue weighted by molar-refractivity contribution is -0.150. The van der Waals surface area contributed by atoms with Gasteiger partial charge in [0.1, 0.15) is 11.5 Å². The van der Waals surface area contributed by atoms with Crippen LogP contribution in [0.2, 0.25) is 0 Å². The fourth-order valence-corrected chi connectivity index (χ4v) is 2.87. The zero-order valence-corrected chi connectivity index (χ0v) is 14.4. The standard InChI is InChI=1S/C19H20O5S/c20-18(21)16(10-5-11-25)17(19(22)23)13-6-4-9-15(12-13)24-14-7-2-1-3-8-14/h1-4,6-9,12,16-17,25H,5,10-11H2,(H,20,21)(H,22,23). The molecule has 5 nitrogen and oxygen atoms in total. The summed E-state index contributed by atoms with van der Waals surface area (Å²) >= 11 is 4.08. The van der Waals surface area contributed by atoms with Crippen molar-refractivity contribution in [3.63, 3.8) is 0 Å². The molecule has 2 atom stereocenters. The van der Waals surface area contributed by atoms with Crippen molar-refractivity contribution >= 4 is 24.6 Å². The average molecular weight is 360 g/mol. The van der Waals surface area contributed by atoms with E-state index >= 15 is 0 Å². The highest BCUT2D eigenvalue weighted by atomic mass is 32.1. The van der Waals surface area contributed by atoms with E-state index in [1.54, 1.807) is 36.4 Å². The number of carboxylic acids is 2. The van der Waals surface area contributed by atoms with Gasteiger partial charge in [-0.2, -0.15) is 12.6 Å². The molecule has 0 aliphatic rings. The molecule has 2 unspecified atom stereocenters. The molecule has 0 aliphatic heterocycles. The van der Waals surface area contributed by atoms with E-state index in [-0.39, 0.29) is 6.42 Å². The van der Waals surface area contributed by atoms with Gasteiger partial charge in [0.2, 0.25) is 0 Å². The minimum Gasteiger partial charge on any atom is -0.481 e. The first-order valence-electron chi connectivity index (χ1n) is 7.92. The summed E-state index contributed by atoms with van der Waals surface area (Å²) in [4.78, 5) is 23.3. The fourth-order valence-electron chi connectivity index (χ4n) is 2.69. The largest absolute Gasteiger partial charge is 0.481 e. The van der Waals surface area contributed by atoms with Crippen LogP contribution in [0.5, 0.6) is 11.5 Å². The molecule has 0 saturated heterocycles. The van der Waals surface area contributed by atoms with Crippen LogP contribution in [0.3, 0.4) is 0 Å². The molecular formula is C19H20O5S. The number of ether oxygens (including phenoxy) is 1. The van der Waals surface area contributed by atoms with Gasteiger partial charge in [0.05, 0.1) is 11.8 Å². The number of hydrogen-bond donors (Lipinski definition) is 3. The zero-order chi connectivity index (χ0) is 18.2. The van der Waals surface area contributed by atoms with E-state index in [1.165, 1.54) is 0 Å². The van der Waals surface area contributed by atoms with E-state index in [9.17, 15) is 19.8 Å². The molecule has 0 aliphatic carbocycles. The van der Waals surface area contributed by atoms with Crippen LogP contribution in [0.1, 0.15) is 24.3 Å². The molecule has 0 heterocycles. The number of rotatable bonds is 9. The average Bonchev–Trinajstić information content (AvgIpc) is 2.59. The van der Waals surface area contributed by atoms with Crippen LogP contribution in [0.25, 0.3) is 0 Å². The molecule has 25 heavy (non-hydrogen) atoms. The van der Waals surface area contributed by atoms with Crippen LogP contribution < -0.4 is 4.74 Å². The van der Waals surface area contributed by atoms with Gasteiger partial charge in [-0.25, -0.2) is 0 Å². The van der Waals surface area contributed by atoms with E-state index in [0.717, 1.165) is 0 Å². The molecule has 0 radical (unpaired) electrons. The normalized spacial score (nSPS) is 13.0. The van der Waals surface area contributed by atoms with Crippen molar-refractivity contribution in [2.45, 2.75) is 18.8 Å². The Kier molecular flexibility index (Phi) is 6.89. The van der Waals surface area contributed by atoms with Crippen LogP contribution in [-0.2, 0) is 9.59 Å². The van der Waals surface area contributed by atoms with Gasteiger partial charge in [0, 0.05) is 0 Å². The predicted octanol–water partition coefficient (Wildman–Crippen LogP) is 4.06. The Balaban J connectivity index is 2.30. The number of hydrogen-bond acceptors (Lipinski definition) is 4. The van der Waals surface area contributed by atoms with E-state index < -0.39 is 23.8 Å². The van der Waals surface area contributed by atoms with Crippen molar-refractivity contribution in [1.29, 1.82) is 0 Å². The van der Waals surface area contributed by atoms with Gasteiger partial charge in [0.15, 0.2) is 0 Å². The number of carboxylic acid groups (broad SMARTS) is 2. The first-order valence-corrected chi connectivity index (χ1v) is 8.55. The quantitative estimate of drug-likeness (QED) is 0.587. The van der Waals surface area contributed by atoms with E-state index in [0.29, 0.717) is 29.2 Å². The second kappa shape index (κ2) is 9.13. The molecule has 0 bridgehead atoms. The first-order chi connectivity index (χ1) is 12.0. The van der Waals surface area contributed by atoms with Gasteiger partial charge < -0.3 is 14.9 Å². The van der Waals surface area contributed by atoms with Gasteiger partial charge in [-0.15, -0.1) is 0 Å². The SMILES string of the molecule is O=C(O)C(CCCS)C(C(=O)O)c1cccc(Oc2ccccc2)c1. The number of carbonyl (C=O) groups is 2. The predicted molar refractivity (Wildman–Crippen MR) is 97.5 cm³/mol. The number of para-hydroxylation sites is 1. The third kappa shape index (κ3) is 5.26. The molecule has 2 N–H and O–H groups in total. The fraction of sp³-hybridized carbons (Fsp3) is 0.263. The summed E-state index contributed by atoms with van der Waals surface area (Å²) in [6.45, 7) is 0. The Morgan fingerprint density at radius 2 is 1.64 bits per heavy atom. The van der Waals surface area contributed by atoms with Crippen LogP contribution in [0.4, 0.5) is 0 Å². The van der Waals surface area contributed by atoms with Crippen molar-refractivity contribution in [3.8, 4) is 11.5 Å². The van der Waals surface area contributed by atoms with E-state index in [1.807, 2.05) is 18.2 Å². The third-order valence-corrected chi connectivity index (χ3v) is 4.17. The number of benzene rings is 2. The molecule has 2 rings (SSSR count). The van der Waals surface area contributed by atoms with Gasteiger partial charge in [0.25, 0.3) is 0 Å². The monoisotopic (exact) mass is 360 g/mol. The highest BCUT2D eigenvalue weighted by Gasteiger charge is 2.34. The zero-order valence-electron chi connectivity index (χ0n) is 13.5. The third-order valence-electron chi connectivity index (χ3n) is 3.85. The van der Waals surface area contributed by atoms with Gasteiger partial charge >= 0.3 is 11.9 Å². The molecular weight excluding hydrogens is 340 g/mol. The topological polar surface area (TPSA) is 83.8 Å². The maximum absolute atomic E-state index is 11.8. The minimum atomic E-state index is -1.16. The minimum absolute atomic E-state index is 0.250. The molecule has 132 valence electrons. The lowest BCUT2D eigenvalue weighted by Crippen LogP contribution is -2.28. The van der Waals surface area contributed by atoms with Crippen molar-refractivity contribution in [2.24, 2.45) is 5.92 Å². The molecule has 0 fully saturated rings. The van der Waals surface area contributed by atoms with Crippen LogP contribution >= 0.6 is 12.6 Å². The van der Waals surface area contributed by atoms with Gasteiger partial charge in [-0.1, -0.05) is 30.3 Å². The summed E-state index contributed by atoms with van der Waals surface area (Å²) in [5, 5.41) is 19.1. The molecule has 0 saturated carbocycles. The maximum atomic E-state index is 11.8. The summed E-state index contributed by atoms with van der Waals surface area (Å²) in [5.41, 5.74) is 0.410. The maximum Gasteiger partial charge on any atom is 0.311 e. The highest BCUT2D eigenvalue weighted by molar-refractivity contribution is 7.80. The molecule has 6 heteroatoms. The van der Waals surface area contributed by atoms with Crippen molar-refractivity contribution < 1.29 is 24.5 Å². The van der Waals surface area contributed by atoms with E-state index in [2.05, 4.69) is 12.6 Å².